The van der Waals surface area contributed by atoms with E-state index in [2.05, 4.69) is 15.6 Å². The van der Waals surface area contributed by atoms with E-state index < -0.39 is 21.8 Å². The van der Waals surface area contributed by atoms with Crippen molar-refractivity contribution in [2.24, 2.45) is 0 Å². The predicted molar refractivity (Wildman–Crippen MR) is 128 cm³/mol. The van der Waals surface area contributed by atoms with E-state index in [4.69, 9.17) is 0 Å². The molecule has 3 aromatic carbocycles. The lowest BCUT2D eigenvalue weighted by Gasteiger charge is -2.12. The molecule has 0 aliphatic rings. The van der Waals surface area contributed by atoms with Crippen LogP contribution in [0.4, 0.5) is 0 Å². The monoisotopic (exact) mass is 474 g/mol. The number of para-hydroxylation sites is 1. The Morgan fingerprint density at radius 1 is 0.735 bits per heavy atom. The highest BCUT2D eigenvalue weighted by molar-refractivity contribution is 7.89. The molecule has 4 rings (SSSR count). The zero-order valence-electron chi connectivity index (χ0n) is 18.0. The van der Waals surface area contributed by atoms with Crippen molar-refractivity contribution in [3.63, 3.8) is 0 Å². The van der Waals surface area contributed by atoms with Gasteiger partial charge in [0.05, 0.1) is 16.1 Å². The zero-order valence-corrected chi connectivity index (χ0v) is 18.8. The molecule has 172 valence electrons. The maximum Gasteiger partial charge on any atom is 0.271 e. The van der Waals surface area contributed by atoms with Crippen molar-refractivity contribution < 1.29 is 18.0 Å². The summed E-state index contributed by atoms with van der Waals surface area (Å²) in [6.07, 6.45) is 3.62. The number of carbonyl (C=O) groups is 2. The van der Waals surface area contributed by atoms with Gasteiger partial charge in [-0.05, 0) is 48.0 Å². The van der Waals surface area contributed by atoms with Crippen LogP contribution in [0.15, 0.2) is 108 Å². The van der Waals surface area contributed by atoms with Gasteiger partial charge in [0.2, 0.25) is 10.0 Å². The lowest BCUT2D eigenvalue weighted by Crippen LogP contribution is -2.42. The van der Waals surface area contributed by atoms with Crippen molar-refractivity contribution in [3.05, 3.63) is 120 Å². The van der Waals surface area contributed by atoms with Crippen molar-refractivity contribution in [2.75, 3.05) is 0 Å². The number of hydrogen-bond donors (Lipinski definition) is 3. The number of hydrogen-bond acceptors (Lipinski definition) is 4. The van der Waals surface area contributed by atoms with Crippen molar-refractivity contribution in [2.45, 2.75) is 11.4 Å². The van der Waals surface area contributed by atoms with Gasteiger partial charge >= 0.3 is 0 Å². The molecule has 4 aromatic rings. The van der Waals surface area contributed by atoms with Crippen LogP contribution in [0.25, 0.3) is 5.69 Å². The Hall–Kier alpha value is -4.21. The first-order valence-corrected chi connectivity index (χ1v) is 11.9. The number of sulfonamides is 1. The molecule has 0 saturated heterocycles. The van der Waals surface area contributed by atoms with Crippen LogP contribution in [0.1, 0.15) is 26.3 Å². The third-order valence-electron chi connectivity index (χ3n) is 5.04. The number of rotatable bonds is 7. The number of carbonyl (C=O) groups excluding carboxylic acids is 2. The molecule has 0 aliphatic heterocycles. The molecular formula is C25H22N4O4S. The van der Waals surface area contributed by atoms with Gasteiger partial charge in [-0.15, -0.1) is 0 Å². The molecule has 2 amide bonds. The number of nitrogens with one attached hydrogen (secondary N) is 3. The molecule has 3 N–H and O–H groups in total. The fraction of sp³-hybridized carbons (Fsp3) is 0.0400. The quantitative estimate of drug-likeness (QED) is 0.358. The van der Waals surface area contributed by atoms with Crippen LogP contribution in [0, 0.1) is 0 Å². The molecular weight excluding hydrogens is 452 g/mol. The Labute approximate surface area is 197 Å². The highest BCUT2D eigenvalue weighted by Gasteiger charge is 2.17. The summed E-state index contributed by atoms with van der Waals surface area (Å²) in [5.41, 5.74) is 6.64. The average molecular weight is 475 g/mol. The second kappa shape index (κ2) is 10.2. The summed E-state index contributed by atoms with van der Waals surface area (Å²) >= 11 is 0. The van der Waals surface area contributed by atoms with E-state index in [-0.39, 0.29) is 17.0 Å². The Bertz CT molecular complexity index is 1400. The van der Waals surface area contributed by atoms with Crippen molar-refractivity contribution in [1.82, 2.24) is 20.1 Å². The average Bonchev–Trinajstić information content (AvgIpc) is 3.41. The van der Waals surface area contributed by atoms with Crippen LogP contribution in [-0.4, -0.2) is 24.8 Å². The van der Waals surface area contributed by atoms with E-state index in [1.807, 2.05) is 60.9 Å². The minimum Gasteiger partial charge on any atom is -0.323 e. The highest BCUT2D eigenvalue weighted by Crippen LogP contribution is 2.15. The molecule has 0 bridgehead atoms. The van der Waals surface area contributed by atoms with Crippen molar-refractivity contribution >= 4 is 21.8 Å². The second-order valence-corrected chi connectivity index (χ2v) is 9.12. The minimum atomic E-state index is -3.84. The summed E-state index contributed by atoms with van der Waals surface area (Å²) in [6.45, 7) is 0.121. The van der Waals surface area contributed by atoms with E-state index in [1.165, 1.54) is 24.3 Å². The fourth-order valence-corrected chi connectivity index (χ4v) is 4.36. The summed E-state index contributed by atoms with van der Waals surface area (Å²) in [6, 6.07) is 25.3. The maximum absolute atomic E-state index is 12.7. The molecule has 0 atom stereocenters. The molecule has 0 saturated carbocycles. The molecule has 9 heteroatoms. The molecule has 8 nitrogen and oxygen atoms in total. The summed E-state index contributed by atoms with van der Waals surface area (Å²) in [5.74, 6) is -1.15. The normalized spacial score (nSPS) is 11.1. The lowest BCUT2D eigenvalue weighted by molar-refractivity contribution is 0.0846. The van der Waals surface area contributed by atoms with E-state index >= 15 is 0 Å². The summed E-state index contributed by atoms with van der Waals surface area (Å²) in [5, 5.41) is 0. The van der Waals surface area contributed by atoms with E-state index in [0.29, 0.717) is 11.3 Å². The van der Waals surface area contributed by atoms with Gasteiger partial charge in [-0.25, -0.2) is 13.1 Å². The third kappa shape index (κ3) is 5.40. The largest absolute Gasteiger partial charge is 0.323 e. The van der Waals surface area contributed by atoms with Gasteiger partial charge < -0.3 is 4.57 Å². The molecule has 0 radical (unpaired) electrons. The summed E-state index contributed by atoms with van der Waals surface area (Å²) in [7, 11) is -3.84. The van der Waals surface area contributed by atoms with E-state index in [0.717, 1.165) is 5.56 Å². The number of hydrazine groups is 1. The Balaban J connectivity index is 1.43. The summed E-state index contributed by atoms with van der Waals surface area (Å²) < 4.78 is 29.6. The molecule has 0 spiro atoms. The van der Waals surface area contributed by atoms with Gasteiger partial charge in [-0.3, -0.25) is 20.4 Å². The topological polar surface area (TPSA) is 109 Å². The standard InChI is InChI=1S/C25H22N4O4S/c30-24(27-28-25(31)22-13-4-5-14-23(22)29-15-6-7-16-29)20-11-8-12-21(17-20)34(32,33)26-18-19-9-2-1-3-10-19/h1-17,26H,18H2,(H,27,30)(H,28,31). The molecule has 1 heterocycles. The van der Waals surface area contributed by atoms with Gasteiger partial charge in [0, 0.05) is 24.5 Å². The van der Waals surface area contributed by atoms with Crippen molar-refractivity contribution in [1.29, 1.82) is 0 Å². The van der Waals surface area contributed by atoms with Gasteiger partial charge in [-0.2, -0.15) is 0 Å². The molecule has 0 fully saturated rings. The molecule has 0 aliphatic carbocycles. The van der Waals surface area contributed by atoms with Crippen LogP contribution in [0.5, 0.6) is 0 Å². The second-order valence-electron chi connectivity index (χ2n) is 7.35. The minimum absolute atomic E-state index is 0.0552. The predicted octanol–water partition coefficient (Wildman–Crippen LogP) is 3.03. The Kier molecular flexibility index (Phi) is 6.86. The van der Waals surface area contributed by atoms with Crippen LogP contribution in [0.2, 0.25) is 0 Å². The first-order chi connectivity index (χ1) is 16.4. The number of aromatic nitrogens is 1. The molecule has 1 aromatic heterocycles. The first-order valence-electron chi connectivity index (χ1n) is 10.4. The third-order valence-corrected chi connectivity index (χ3v) is 6.44. The molecule has 34 heavy (non-hydrogen) atoms. The molecule has 0 unspecified atom stereocenters. The summed E-state index contributed by atoms with van der Waals surface area (Å²) in [4.78, 5) is 25.2. The Morgan fingerprint density at radius 2 is 1.41 bits per heavy atom. The zero-order chi connectivity index (χ0) is 24.0. The first kappa shape index (κ1) is 23.0. The fourth-order valence-electron chi connectivity index (χ4n) is 3.30. The smallest absolute Gasteiger partial charge is 0.271 e. The number of benzene rings is 3. The van der Waals surface area contributed by atoms with Gasteiger partial charge in [0.25, 0.3) is 11.8 Å². The SMILES string of the molecule is O=C(NNC(=O)c1ccccc1-n1cccc1)c1cccc(S(=O)(=O)NCc2ccccc2)c1. The van der Waals surface area contributed by atoms with Gasteiger partial charge in [0.15, 0.2) is 0 Å². The van der Waals surface area contributed by atoms with Crippen LogP contribution in [0.3, 0.4) is 0 Å². The number of amides is 2. The van der Waals surface area contributed by atoms with Crippen molar-refractivity contribution in [3.8, 4) is 5.69 Å². The van der Waals surface area contributed by atoms with Crippen LogP contribution in [-0.2, 0) is 16.6 Å². The maximum atomic E-state index is 12.7. The van der Waals surface area contributed by atoms with E-state index in [1.54, 1.807) is 22.8 Å². The van der Waals surface area contributed by atoms with Crippen LogP contribution < -0.4 is 15.6 Å². The highest BCUT2D eigenvalue weighted by atomic mass is 32.2. The van der Waals surface area contributed by atoms with Gasteiger partial charge in [0.1, 0.15) is 0 Å². The van der Waals surface area contributed by atoms with Crippen LogP contribution >= 0.6 is 0 Å². The lowest BCUT2D eigenvalue weighted by atomic mass is 10.1. The van der Waals surface area contributed by atoms with E-state index in [9.17, 15) is 18.0 Å². The van der Waals surface area contributed by atoms with Gasteiger partial charge in [-0.1, -0.05) is 48.5 Å². The Morgan fingerprint density at radius 3 is 2.18 bits per heavy atom. The number of nitrogens with zero attached hydrogens (tertiary/aromatic N) is 1.